The van der Waals surface area contributed by atoms with Crippen molar-refractivity contribution in [1.29, 1.82) is 0 Å². The van der Waals surface area contributed by atoms with Crippen molar-refractivity contribution < 1.29 is 18.8 Å². The summed E-state index contributed by atoms with van der Waals surface area (Å²) in [7, 11) is 0. The molecule has 0 saturated heterocycles. The van der Waals surface area contributed by atoms with Crippen LogP contribution in [0.25, 0.3) is 11.0 Å². The molecule has 33 heavy (non-hydrogen) atoms. The summed E-state index contributed by atoms with van der Waals surface area (Å²) in [5, 5.41) is 3.27. The molecule has 0 unspecified atom stereocenters. The van der Waals surface area contributed by atoms with E-state index in [-0.39, 0.29) is 5.56 Å². The van der Waals surface area contributed by atoms with Crippen LogP contribution in [-0.4, -0.2) is 30.8 Å². The Bertz CT molecular complexity index is 1370. The van der Waals surface area contributed by atoms with Crippen LogP contribution in [-0.2, 0) is 9.59 Å². The van der Waals surface area contributed by atoms with Gasteiger partial charge in [0, 0.05) is 47.6 Å². The maximum Gasteiger partial charge on any atom is 0.349 e. The first-order valence-electron chi connectivity index (χ1n) is 10.6. The van der Waals surface area contributed by atoms with Crippen LogP contribution in [0.2, 0.25) is 0 Å². The minimum atomic E-state index is -0.752. The number of carbonyl (C=O) groups excluding carboxylic acids is 3. The zero-order chi connectivity index (χ0) is 23.7. The van der Waals surface area contributed by atoms with E-state index in [1.807, 2.05) is 26.0 Å². The van der Waals surface area contributed by atoms with E-state index in [0.717, 1.165) is 23.7 Å². The molecule has 0 spiro atoms. The van der Waals surface area contributed by atoms with E-state index in [1.54, 1.807) is 31.2 Å². The van der Waals surface area contributed by atoms with Crippen molar-refractivity contribution in [1.82, 2.24) is 0 Å². The summed E-state index contributed by atoms with van der Waals surface area (Å²) in [6.07, 6.45) is 1.26. The van der Waals surface area contributed by atoms with Crippen LogP contribution in [0.3, 0.4) is 0 Å². The zero-order valence-corrected chi connectivity index (χ0v) is 18.5. The van der Waals surface area contributed by atoms with Gasteiger partial charge in [0.05, 0.1) is 5.69 Å². The minimum absolute atomic E-state index is 0.144. The Labute approximate surface area is 190 Å². The number of nitrogens with one attached hydrogen (secondary N) is 1. The van der Waals surface area contributed by atoms with Gasteiger partial charge in [0.15, 0.2) is 0 Å². The molecular formula is C25H23N3O5. The molecule has 168 valence electrons. The Kier molecular flexibility index (Phi) is 5.83. The lowest BCUT2D eigenvalue weighted by Crippen LogP contribution is -2.30. The van der Waals surface area contributed by atoms with E-state index in [1.165, 1.54) is 18.2 Å². The molecule has 2 heterocycles. The topological polar surface area (TPSA) is 99.9 Å². The van der Waals surface area contributed by atoms with Gasteiger partial charge in [0.2, 0.25) is 0 Å². The Hall–Kier alpha value is -4.20. The SMILES string of the molecule is CCN(CC)c1ccc2cc(C(=O)Nc3cccc(N4C(=O)C=C(C)C4=O)c3)c(=O)oc2c1. The highest BCUT2D eigenvalue weighted by molar-refractivity contribution is 6.30. The second kappa shape index (κ2) is 8.74. The van der Waals surface area contributed by atoms with Gasteiger partial charge >= 0.3 is 5.63 Å². The molecule has 0 atom stereocenters. The van der Waals surface area contributed by atoms with Gasteiger partial charge in [-0.15, -0.1) is 0 Å². The second-order valence-corrected chi connectivity index (χ2v) is 7.65. The fraction of sp³-hybridized carbons (Fsp3) is 0.200. The Morgan fingerprint density at radius 1 is 1.03 bits per heavy atom. The highest BCUT2D eigenvalue weighted by atomic mass is 16.4. The van der Waals surface area contributed by atoms with Crippen molar-refractivity contribution in [3.05, 3.63) is 76.2 Å². The molecule has 2 aromatic carbocycles. The monoisotopic (exact) mass is 445 g/mol. The van der Waals surface area contributed by atoms with Crippen LogP contribution in [0.15, 0.2) is 69.4 Å². The van der Waals surface area contributed by atoms with Crippen molar-refractivity contribution in [2.45, 2.75) is 20.8 Å². The van der Waals surface area contributed by atoms with Gasteiger partial charge in [0.25, 0.3) is 17.7 Å². The number of anilines is 3. The third-order valence-electron chi connectivity index (χ3n) is 5.56. The molecule has 0 radical (unpaired) electrons. The molecule has 1 aliphatic heterocycles. The predicted molar refractivity (Wildman–Crippen MR) is 127 cm³/mol. The summed E-state index contributed by atoms with van der Waals surface area (Å²) in [6.45, 7) is 7.28. The molecule has 8 heteroatoms. The highest BCUT2D eigenvalue weighted by Gasteiger charge is 2.30. The number of hydrogen-bond donors (Lipinski definition) is 1. The number of rotatable bonds is 6. The van der Waals surface area contributed by atoms with Gasteiger partial charge in [-0.05, 0) is 57.2 Å². The van der Waals surface area contributed by atoms with E-state index in [4.69, 9.17) is 4.42 Å². The molecule has 0 bridgehead atoms. The first-order valence-corrected chi connectivity index (χ1v) is 10.6. The average Bonchev–Trinajstić information content (AvgIpc) is 3.05. The molecular weight excluding hydrogens is 422 g/mol. The van der Waals surface area contributed by atoms with Crippen LogP contribution in [0.4, 0.5) is 17.1 Å². The van der Waals surface area contributed by atoms with Crippen molar-refractivity contribution in [2.75, 3.05) is 28.2 Å². The highest BCUT2D eigenvalue weighted by Crippen LogP contribution is 2.26. The van der Waals surface area contributed by atoms with Gasteiger partial charge in [-0.3, -0.25) is 14.4 Å². The smallest absolute Gasteiger partial charge is 0.349 e. The molecule has 1 aromatic heterocycles. The number of fused-ring (bicyclic) bond motifs is 1. The number of carbonyl (C=O) groups is 3. The molecule has 0 aliphatic carbocycles. The van der Waals surface area contributed by atoms with Crippen LogP contribution in [0.5, 0.6) is 0 Å². The molecule has 4 rings (SSSR count). The van der Waals surface area contributed by atoms with Crippen LogP contribution in [0.1, 0.15) is 31.1 Å². The molecule has 3 amide bonds. The van der Waals surface area contributed by atoms with E-state index in [0.29, 0.717) is 27.9 Å². The van der Waals surface area contributed by atoms with E-state index in [2.05, 4.69) is 10.2 Å². The van der Waals surface area contributed by atoms with Crippen LogP contribution < -0.4 is 20.7 Å². The first-order chi connectivity index (χ1) is 15.8. The second-order valence-electron chi connectivity index (χ2n) is 7.65. The Balaban J connectivity index is 1.60. The van der Waals surface area contributed by atoms with E-state index >= 15 is 0 Å². The number of benzene rings is 2. The third-order valence-corrected chi connectivity index (χ3v) is 5.56. The normalized spacial score (nSPS) is 13.4. The van der Waals surface area contributed by atoms with Crippen LogP contribution in [0, 0.1) is 0 Å². The van der Waals surface area contributed by atoms with E-state index < -0.39 is 23.3 Å². The van der Waals surface area contributed by atoms with Crippen molar-refractivity contribution in [3.8, 4) is 0 Å². The van der Waals surface area contributed by atoms with Gasteiger partial charge in [-0.25, -0.2) is 9.69 Å². The summed E-state index contributed by atoms with van der Waals surface area (Å²) < 4.78 is 5.43. The molecule has 3 aromatic rings. The zero-order valence-electron chi connectivity index (χ0n) is 18.5. The maximum absolute atomic E-state index is 12.8. The summed E-state index contributed by atoms with van der Waals surface area (Å²) in [5.41, 5.74) is 1.43. The molecule has 1 aliphatic rings. The summed E-state index contributed by atoms with van der Waals surface area (Å²) in [6, 6.07) is 13.3. The maximum atomic E-state index is 12.8. The van der Waals surface area contributed by atoms with Crippen molar-refractivity contribution in [3.63, 3.8) is 0 Å². The summed E-state index contributed by atoms with van der Waals surface area (Å²) in [5.74, 6) is -1.51. The summed E-state index contributed by atoms with van der Waals surface area (Å²) >= 11 is 0. The molecule has 8 nitrogen and oxygen atoms in total. The van der Waals surface area contributed by atoms with Crippen LogP contribution >= 0.6 is 0 Å². The fourth-order valence-electron chi connectivity index (χ4n) is 3.80. The van der Waals surface area contributed by atoms with Gasteiger partial charge in [-0.2, -0.15) is 0 Å². The number of imide groups is 1. The Morgan fingerprint density at radius 2 is 1.79 bits per heavy atom. The Morgan fingerprint density at radius 3 is 2.45 bits per heavy atom. The fourth-order valence-corrected chi connectivity index (χ4v) is 3.80. The van der Waals surface area contributed by atoms with Gasteiger partial charge in [0.1, 0.15) is 11.1 Å². The molecule has 0 fully saturated rings. The molecule has 1 N–H and O–H groups in total. The van der Waals surface area contributed by atoms with Crippen molar-refractivity contribution >= 4 is 45.8 Å². The van der Waals surface area contributed by atoms with E-state index in [9.17, 15) is 19.2 Å². The minimum Gasteiger partial charge on any atom is -0.422 e. The molecule has 0 saturated carbocycles. The number of hydrogen-bond acceptors (Lipinski definition) is 6. The van der Waals surface area contributed by atoms with Crippen molar-refractivity contribution in [2.24, 2.45) is 0 Å². The third kappa shape index (κ3) is 4.15. The predicted octanol–water partition coefficient (Wildman–Crippen LogP) is 3.71. The largest absolute Gasteiger partial charge is 0.422 e. The number of nitrogens with zero attached hydrogens (tertiary/aromatic N) is 2. The lowest BCUT2D eigenvalue weighted by molar-refractivity contribution is -0.120. The van der Waals surface area contributed by atoms with Gasteiger partial charge < -0.3 is 14.6 Å². The number of amides is 3. The van der Waals surface area contributed by atoms with Gasteiger partial charge in [-0.1, -0.05) is 6.07 Å². The first kappa shape index (κ1) is 22.0. The lowest BCUT2D eigenvalue weighted by atomic mass is 10.1. The quantitative estimate of drug-likeness (QED) is 0.459. The standard InChI is InChI=1S/C25H23N3O5/c1-4-27(5-2)18-10-9-16-12-20(25(32)33-21(16)14-18)23(30)26-17-7-6-8-19(13-17)28-22(29)11-15(3)24(28)31/h6-14H,4-5H2,1-3H3,(H,26,30). The average molecular weight is 445 g/mol. The lowest BCUT2D eigenvalue weighted by Gasteiger charge is -2.21. The summed E-state index contributed by atoms with van der Waals surface area (Å²) in [4.78, 5) is 52.9.